The first kappa shape index (κ1) is 14.1. The summed E-state index contributed by atoms with van der Waals surface area (Å²) in [6.07, 6.45) is 1.01. The van der Waals surface area contributed by atoms with Crippen molar-refractivity contribution in [1.29, 1.82) is 5.26 Å². The predicted octanol–water partition coefficient (Wildman–Crippen LogP) is 4.51. The number of hydrogen-bond acceptors (Lipinski definition) is 3. The fourth-order valence-electron chi connectivity index (χ4n) is 1.95. The van der Waals surface area contributed by atoms with Crippen molar-refractivity contribution in [3.8, 4) is 6.07 Å². The van der Waals surface area contributed by atoms with Gasteiger partial charge in [0.1, 0.15) is 10.9 Å². The van der Waals surface area contributed by atoms with Crippen LogP contribution in [0.3, 0.4) is 0 Å². The number of thiophene rings is 1. The molecule has 2 aromatic rings. The Morgan fingerprint density at radius 2 is 2.00 bits per heavy atom. The molecule has 0 saturated heterocycles. The van der Waals surface area contributed by atoms with Crippen molar-refractivity contribution in [1.82, 2.24) is 5.32 Å². The monoisotopic (exact) mass is 290 g/mol. The molecule has 0 bridgehead atoms. The van der Waals surface area contributed by atoms with Crippen LogP contribution < -0.4 is 5.32 Å². The van der Waals surface area contributed by atoms with Crippen molar-refractivity contribution in [3.05, 3.63) is 56.7 Å². The molecule has 0 spiro atoms. The van der Waals surface area contributed by atoms with E-state index < -0.39 is 0 Å². The van der Waals surface area contributed by atoms with Gasteiger partial charge in [0.25, 0.3) is 0 Å². The highest BCUT2D eigenvalue weighted by molar-refractivity contribution is 7.12. The molecular weight excluding hydrogens is 276 g/mol. The molecule has 0 aliphatic rings. The van der Waals surface area contributed by atoms with Gasteiger partial charge in [0.15, 0.2) is 0 Å². The number of benzene rings is 1. The number of nitrogens with one attached hydrogen (secondary N) is 1. The molecule has 1 heterocycles. The van der Waals surface area contributed by atoms with Crippen molar-refractivity contribution < 1.29 is 0 Å². The maximum absolute atomic E-state index is 8.81. The SMILES string of the molecule is CCC(NCc1ccc(C#N)s1)c1ccc(Cl)cc1. The molecule has 0 radical (unpaired) electrons. The third-order valence-corrected chi connectivity index (χ3v) is 4.22. The van der Waals surface area contributed by atoms with Gasteiger partial charge in [-0.25, -0.2) is 0 Å². The lowest BCUT2D eigenvalue weighted by Gasteiger charge is -2.17. The van der Waals surface area contributed by atoms with Crippen LogP contribution in [0.4, 0.5) is 0 Å². The van der Waals surface area contributed by atoms with Crippen LogP contribution in [0.15, 0.2) is 36.4 Å². The van der Waals surface area contributed by atoms with Gasteiger partial charge in [-0.1, -0.05) is 30.7 Å². The van der Waals surface area contributed by atoms with Gasteiger partial charge in [0, 0.05) is 22.5 Å². The van der Waals surface area contributed by atoms with E-state index >= 15 is 0 Å². The van der Waals surface area contributed by atoms with Gasteiger partial charge < -0.3 is 5.32 Å². The summed E-state index contributed by atoms with van der Waals surface area (Å²) in [4.78, 5) is 1.94. The largest absolute Gasteiger partial charge is 0.305 e. The van der Waals surface area contributed by atoms with E-state index in [4.69, 9.17) is 16.9 Å². The Balaban J connectivity index is 1.99. The zero-order chi connectivity index (χ0) is 13.7. The molecule has 19 heavy (non-hydrogen) atoms. The molecule has 2 nitrogen and oxygen atoms in total. The van der Waals surface area contributed by atoms with Gasteiger partial charge in [0.2, 0.25) is 0 Å². The number of hydrogen-bond donors (Lipinski definition) is 1. The molecular formula is C15H15ClN2S. The minimum Gasteiger partial charge on any atom is -0.305 e. The van der Waals surface area contributed by atoms with E-state index in [1.165, 1.54) is 21.8 Å². The van der Waals surface area contributed by atoms with Gasteiger partial charge in [-0.05, 0) is 36.2 Å². The molecule has 4 heteroatoms. The molecule has 1 N–H and O–H groups in total. The summed E-state index contributed by atoms with van der Waals surface area (Å²) >= 11 is 7.44. The Morgan fingerprint density at radius 1 is 1.26 bits per heavy atom. The minimum absolute atomic E-state index is 0.310. The van der Waals surface area contributed by atoms with Crippen molar-refractivity contribution in [2.45, 2.75) is 25.9 Å². The zero-order valence-corrected chi connectivity index (χ0v) is 12.3. The quantitative estimate of drug-likeness (QED) is 0.879. The van der Waals surface area contributed by atoms with Crippen molar-refractivity contribution in [3.63, 3.8) is 0 Å². The molecule has 2 rings (SSSR count). The lowest BCUT2D eigenvalue weighted by Crippen LogP contribution is -2.19. The minimum atomic E-state index is 0.310. The smallest absolute Gasteiger partial charge is 0.110 e. The maximum atomic E-state index is 8.81. The van der Waals surface area contributed by atoms with Gasteiger partial charge in [-0.3, -0.25) is 0 Å². The molecule has 1 aromatic carbocycles. The fourth-order valence-corrected chi connectivity index (χ4v) is 2.83. The van der Waals surface area contributed by atoms with E-state index in [1.807, 2.05) is 24.3 Å². The summed E-state index contributed by atoms with van der Waals surface area (Å²) < 4.78 is 0. The second kappa shape index (κ2) is 6.72. The lowest BCUT2D eigenvalue weighted by atomic mass is 10.0. The summed E-state index contributed by atoms with van der Waals surface area (Å²) in [5.41, 5.74) is 1.24. The zero-order valence-electron chi connectivity index (χ0n) is 10.7. The molecule has 1 atom stereocenters. The van der Waals surface area contributed by atoms with Crippen LogP contribution in [0.1, 0.15) is 34.7 Å². The van der Waals surface area contributed by atoms with Crippen LogP contribution in [-0.2, 0) is 6.54 Å². The maximum Gasteiger partial charge on any atom is 0.110 e. The molecule has 98 valence electrons. The number of halogens is 1. The Labute approximate surface area is 122 Å². The van der Waals surface area contributed by atoms with E-state index in [0.717, 1.165) is 22.9 Å². The summed E-state index contributed by atoms with van der Waals surface area (Å²) in [6, 6.07) is 14.3. The first-order valence-electron chi connectivity index (χ1n) is 6.20. The van der Waals surface area contributed by atoms with Crippen LogP contribution in [0, 0.1) is 11.3 Å². The standard InChI is InChI=1S/C15H15ClN2S/c1-2-15(11-3-5-12(16)6-4-11)18-10-14-8-7-13(9-17)19-14/h3-8,15,18H,2,10H2,1H3. The van der Waals surface area contributed by atoms with E-state index in [9.17, 15) is 0 Å². The number of nitrogens with zero attached hydrogens (tertiary/aromatic N) is 1. The Hall–Kier alpha value is -1.34. The van der Waals surface area contributed by atoms with E-state index in [-0.39, 0.29) is 0 Å². The lowest BCUT2D eigenvalue weighted by molar-refractivity contribution is 0.522. The molecule has 0 saturated carbocycles. The van der Waals surface area contributed by atoms with Gasteiger partial charge in [0.05, 0.1) is 0 Å². The predicted molar refractivity (Wildman–Crippen MR) is 80.4 cm³/mol. The van der Waals surface area contributed by atoms with Gasteiger partial charge >= 0.3 is 0 Å². The first-order chi connectivity index (χ1) is 9.22. The second-order valence-corrected chi connectivity index (χ2v) is 5.88. The van der Waals surface area contributed by atoms with Crippen LogP contribution in [0.2, 0.25) is 5.02 Å². The molecule has 0 aliphatic heterocycles. The first-order valence-corrected chi connectivity index (χ1v) is 7.40. The highest BCUT2D eigenvalue weighted by atomic mass is 35.5. The Kier molecular flexibility index (Phi) is 4.98. The van der Waals surface area contributed by atoms with E-state index in [1.54, 1.807) is 0 Å². The highest BCUT2D eigenvalue weighted by Gasteiger charge is 2.09. The van der Waals surface area contributed by atoms with Crippen LogP contribution in [-0.4, -0.2) is 0 Å². The summed E-state index contributed by atoms with van der Waals surface area (Å²) in [6.45, 7) is 2.94. The molecule has 1 unspecified atom stereocenters. The average molecular weight is 291 g/mol. The molecule has 0 fully saturated rings. The fraction of sp³-hybridized carbons (Fsp3) is 0.267. The van der Waals surface area contributed by atoms with Crippen molar-refractivity contribution in [2.75, 3.05) is 0 Å². The number of rotatable bonds is 5. The normalized spacial score (nSPS) is 12.1. The highest BCUT2D eigenvalue weighted by Crippen LogP contribution is 2.21. The summed E-state index contributed by atoms with van der Waals surface area (Å²) in [7, 11) is 0. The summed E-state index contributed by atoms with van der Waals surface area (Å²) in [5.74, 6) is 0. The molecule has 0 aliphatic carbocycles. The van der Waals surface area contributed by atoms with Crippen molar-refractivity contribution >= 4 is 22.9 Å². The van der Waals surface area contributed by atoms with E-state index in [2.05, 4.69) is 30.4 Å². The Bertz CT molecular complexity index is 569. The molecule has 1 aromatic heterocycles. The van der Waals surface area contributed by atoms with Gasteiger partial charge in [-0.15, -0.1) is 11.3 Å². The average Bonchev–Trinajstić information content (AvgIpc) is 2.89. The second-order valence-electron chi connectivity index (χ2n) is 4.27. The van der Waals surface area contributed by atoms with Crippen LogP contribution in [0.5, 0.6) is 0 Å². The molecule has 0 amide bonds. The van der Waals surface area contributed by atoms with Gasteiger partial charge in [-0.2, -0.15) is 5.26 Å². The van der Waals surface area contributed by atoms with Crippen LogP contribution in [0.25, 0.3) is 0 Å². The number of nitriles is 1. The van der Waals surface area contributed by atoms with Crippen LogP contribution >= 0.6 is 22.9 Å². The third-order valence-electron chi connectivity index (χ3n) is 2.98. The van der Waals surface area contributed by atoms with Crippen molar-refractivity contribution in [2.24, 2.45) is 0 Å². The third kappa shape index (κ3) is 3.81. The Morgan fingerprint density at radius 3 is 2.58 bits per heavy atom. The summed E-state index contributed by atoms with van der Waals surface area (Å²) in [5, 5.41) is 13.1. The topological polar surface area (TPSA) is 35.8 Å². The van der Waals surface area contributed by atoms with E-state index in [0.29, 0.717) is 6.04 Å².